The van der Waals surface area contributed by atoms with Crippen LogP contribution in [0.1, 0.15) is 64.7 Å². The van der Waals surface area contributed by atoms with Gasteiger partial charge >= 0.3 is 0 Å². The van der Waals surface area contributed by atoms with E-state index in [9.17, 15) is 9.59 Å². The molecule has 0 radical (unpaired) electrons. The van der Waals surface area contributed by atoms with Crippen molar-refractivity contribution in [1.29, 1.82) is 0 Å². The molecule has 0 amide bonds. The third-order valence-electron chi connectivity index (χ3n) is 7.22. The minimum Gasteiger partial charge on any atom is -0.299 e. The summed E-state index contributed by atoms with van der Waals surface area (Å²) in [7, 11) is 0. The minimum atomic E-state index is -0.270. The summed E-state index contributed by atoms with van der Waals surface area (Å²) in [5, 5.41) is 0. The van der Waals surface area contributed by atoms with E-state index >= 15 is 0 Å². The fraction of sp³-hybridized carbons (Fsp3) is 0.789. The first-order chi connectivity index (χ1) is 10.2. The SMILES string of the molecule is CC[C@]12CC(=O)[C@H]3[C@@H](CCC4=CCCC[C@@H]43)[C@@H]1CCC2=O. The molecular formula is C19H26O2. The van der Waals surface area contributed by atoms with Gasteiger partial charge in [-0.15, -0.1) is 0 Å². The topological polar surface area (TPSA) is 34.1 Å². The Balaban J connectivity index is 1.72. The lowest BCUT2D eigenvalue weighted by molar-refractivity contribution is -0.147. The molecule has 0 heterocycles. The molecule has 0 N–H and O–H groups in total. The second kappa shape index (κ2) is 4.79. The van der Waals surface area contributed by atoms with Crippen molar-refractivity contribution in [3.8, 4) is 0 Å². The molecule has 0 aromatic carbocycles. The van der Waals surface area contributed by atoms with E-state index in [2.05, 4.69) is 13.0 Å². The van der Waals surface area contributed by atoms with Gasteiger partial charge in [-0.3, -0.25) is 9.59 Å². The average molecular weight is 286 g/mol. The number of ketones is 2. The zero-order valence-electron chi connectivity index (χ0n) is 13.1. The van der Waals surface area contributed by atoms with Crippen molar-refractivity contribution in [3.05, 3.63) is 11.6 Å². The molecule has 0 spiro atoms. The number of carbonyl (C=O) groups is 2. The molecule has 3 fully saturated rings. The lowest BCUT2D eigenvalue weighted by Gasteiger charge is -2.51. The second-order valence-electron chi connectivity index (χ2n) is 7.77. The minimum absolute atomic E-state index is 0.251. The number of fused-ring (bicyclic) bond motifs is 5. The fourth-order valence-corrected chi connectivity index (χ4v) is 6.27. The maximum Gasteiger partial charge on any atom is 0.139 e. The van der Waals surface area contributed by atoms with Crippen molar-refractivity contribution < 1.29 is 9.59 Å². The van der Waals surface area contributed by atoms with E-state index in [4.69, 9.17) is 0 Å². The molecular weight excluding hydrogens is 260 g/mol. The Bertz CT molecular complexity index is 518. The monoisotopic (exact) mass is 286 g/mol. The van der Waals surface area contributed by atoms with E-state index in [1.165, 1.54) is 25.7 Å². The summed E-state index contributed by atoms with van der Waals surface area (Å²) < 4.78 is 0. The Hall–Kier alpha value is -0.920. The van der Waals surface area contributed by atoms with Crippen LogP contribution in [0.15, 0.2) is 11.6 Å². The summed E-state index contributed by atoms with van der Waals surface area (Å²) in [4.78, 5) is 25.5. The van der Waals surface area contributed by atoms with E-state index in [1.54, 1.807) is 5.57 Å². The van der Waals surface area contributed by atoms with Crippen LogP contribution in [0.2, 0.25) is 0 Å². The first kappa shape index (κ1) is 13.7. The summed E-state index contributed by atoms with van der Waals surface area (Å²) in [5.41, 5.74) is 1.30. The normalized spacial score (nSPS) is 45.7. The molecule has 3 saturated carbocycles. The van der Waals surface area contributed by atoms with Crippen LogP contribution in [-0.2, 0) is 9.59 Å². The molecule has 0 saturated heterocycles. The number of allylic oxidation sites excluding steroid dienone is 2. The van der Waals surface area contributed by atoms with Gasteiger partial charge in [-0.1, -0.05) is 18.6 Å². The van der Waals surface area contributed by atoms with Crippen LogP contribution in [0.25, 0.3) is 0 Å². The summed E-state index contributed by atoms with van der Waals surface area (Å²) in [6.45, 7) is 2.12. The number of hydrogen-bond donors (Lipinski definition) is 0. The Kier molecular flexibility index (Phi) is 3.13. The van der Waals surface area contributed by atoms with Crippen molar-refractivity contribution >= 4 is 11.6 Å². The number of carbonyl (C=O) groups excluding carboxylic acids is 2. The predicted molar refractivity (Wildman–Crippen MR) is 81.7 cm³/mol. The first-order valence-corrected chi connectivity index (χ1v) is 8.92. The van der Waals surface area contributed by atoms with Crippen molar-refractivity contribution in [3.63, 3.8) is 0 Å². The Labute approximate surface area is 127 Å². The zero-order chi connectivity index (χ0) is 14.6. The van der Waals surface area contributed by atoms with Crippen molar-refractivity contribution in [2.75, 3.05) is 0 Å². The maximum absolute atomic E-state index is 13.0. The molecule has 2 heteroatoms. The Morgan fingerprint density at radius 1 is 1.19 bits per heavy atom. The van der Waals surface area contributed by atoms with Gasteiger partial charge in [0.25, 0.3) is 0 Å². The van der Waals surface area contributed by atoms with Gasteiger partial charge < -0.3 is 0 Å². The number of rotatable bonds is 1. The molecule has 114 valence electrons. The quantitative estimate of drug-likeness (QED) is 0.680. The van der Waals surface area contributed by atoms with Gasteiger partial charge in [0, 0.05) is 24.2 Å². The molecule has 2 nitrogen and oxygen atoms in total. The van der Waals surface area contributed by atoms with Gasteiger partial charge in [-0.25, -0.2) is 0 Å². The summed E-state index contributed by atoms with van der Waals surface area (Å²) in [6.07, 6.45) is 11.6. The van der Waals surface area contributed by atoms with E-state index in [1.807, 2.05) is 0 Å². The summed E-state index contributed by atoms with van der Waals surface area (Å²) in [6, 6.07) is 0. The molecule has 5 atom stereocenters. The second-order valence-corrected chi connectivity index (χ2v) is 7.77. The number of Topliss-reactive ketones (excluding diaryl/α,β-unsaturated/α-hetero) is 2. The van der Waals surface area contributed by atoms with Gasteiger partial charge in [-0.05, 0) is 62.7 Å². The van der Waals surface area contributed by atoms with Gasteiger partial charge in [-0.2, -0.15) is 0 Å². The Morgan fingerprint density at radius 3 is 2.86 bits per heavy atom. The highest BCUT2D eigenvalue weighted by molar-refractivity contribution is 5.95. The van der Waals surface area contributed by atoms with Gasteiger partial charge in [0.05, 0.1) is 0 Å². The third-order valence-corrected chi connectivity index (χ3v) is 7.22. The van der Waals surface area contributed by atoms with E-state index < -0.39 is 0 Å². The molecule has 0 aliphatic heterocycles. The molecule has 0 aromatic rings. The first-order valence-electron chi connectivity index (χ1n) is 8.92. The van der Waals surface area contributed by atoms with E-state index in [0.29, 0.717) is 35.7 Å². The highest BCUT2D eigenvalue weighted by Gasteiger charge is 2.60. The molecule has 0 bridgehead atoms. The Morgan fingerprint density at radius 2 is 2.05 bits per heavy atom. The molecule has 0 unspecified atom stereocenters. The van der Waals surface area contributed by atoms with Crippen molar-refractivity contribution in [2.45, 2.75) is 64.7 Å². The smallest absolute Gasteiger partial charge is 0.139 e. The number of hydrogen-bond acceptors (Lipinski definition) is 2. The third kappa shape index (κ3) is 1.77. The van der Waals surface area contributed by atoms with E-state index in [0.717, 1.165) is 25.7 Å². The standard InChI is InChI=1S/C19H26O2/c1-2-19-11-16(20)18-13-6-4-3-5-12(13)7-8-14(18)15(19)9-10-17(19)21/h5,13-15,18H,2-4,6-11H2,1H3/t13-,14-,15-,18+,19-/m0/s1. The highest BCUT2D eigenvalue weighted by atomic mass is 16.1. The molecule has 0 aromatic heterocycles. The largest absolute Gasteiger partial charge is 0.299 e. The van der Waals surface area contributed by atoms with Crippen molar-refractivity contribution in [2.24, 2.45) is 29.1 Å². The van der Waals surface area contributed by atoms with Gasteiger partial charge in [0.15, 0.2) is 0 Å². The summed E-state index contributed by atoms with van der Waals surface area (Å²) in [5.74, 6) is 2.59. The lowest BCUT2D eigenvalue weighted by atomic mass is 9.51. The molecule has 21 heavy (non-hydrogen) atoms. The van der Waals surface area contributed by atoms with Crippen LogP contribution in [0.4, 0.5) is 0 Å². The zero-order valence-corrected chi connectivity index (χ0v) is 13.1. The average Bonchev–Trinajstić information content (AvgIpc) is 2.84. The predicted octanol–water partition coefficient (Wildman–Crippen LogP) is 4.09. The lowest BCUT2D eigenvalue weighted by Crippen LogP contribution is -2.52. The van der Waals surface area contributed by atoms with Gasteiger partial charge in [0.1, 0.15) is 11.6 Å². The van der Waals surface area contributed by atoms with Crippen LogP contribution in [0, 0.1) is 29.1 Å². The van der Waals surface area contributed by atoms with Crippen LogP contribution in [0.3, 0.4) is 0 Å². The maximum atomic E-state index is 13.0. The van der Waals surface area contributed by atoms with Crippen LogP contribution in [-0.4, -0.2) is 11.6 Å². The van der Waals surface area contributed by atoms with Gasteiger partial charge in [0.2, 0.25) is 0 Å². The van der Waals surface area contributed by atoms with Crippen molar-refractivity contribution in [1.82, 2.24) is 0 Å². The molecule has 4 aliphatic rings. The molecule has 4 aliphatic carbocycles. The van der Waals surface area contributed by atoms with E-state index in [-0.39, 0.29) is 11.3 Å². The van der Waals surface area contributed by atoms with Crippen LogP contribution in [0.5, 0.6) is 0 Å². The fourth-order valence-electron chi connectivity index (χ4n) is 6.27. The van der Waals surface area contributed by atoms with Crippen LogP contribution >= 0.6 is 0 Å². The highest BCUT2D eigenvalue weighted by Crippen LogP contribution is 2.60. The molecule has 4 rings (SSSR count). The van der Waals surface area contributed by atoms with Crippen LogP contribution < -0.4 is 0 Å². The summed E-state index contributed by atoms with van der Waals surface area (Å²) >= 11 is 0.